The van der Waals surface area contributed by atoms with Crippen molar-refractivity contribution in [2.24, 2.45) is 0 Å². The summed E-state index contributed by atoms with van der Waals surface area (Å²) in [4.78, 5) is 14.1. The molecule has 2 aromatic heterocycles. The Labute approximate surface area is 149 Å². The lowest BCUT2D eigenvalue weighted by atomic mass is 10.2. The topological polar surface area (TPSA) is 102 Å². The molecule has 3 rings (SSSR count). The van der Waals surface area contributed by atoms with E-state index >= 15 is 0 Å². The predicted octanol–water partition coefficient (Wildman–Crippen LogP) is 2.05. The number of nitrogens with zero attached hydrogens (tertiary/aromatic N) is 4. The van der Waals surface area contributed by atoms with E-state index in [1.54, 1.807) is 12.1 Å². The summed E-state index contributed by atoms with van der Waals surface area (Å²) in [5.74, 6) is 6.90. The van der Waals surface area contributed by atoms with Crippen LogP contribution in [0.15, 0.2) is 52.2 Å². The van der Waals surface area contributed by atoms with E-state index in [2.05, 4.69) is 15.5 Å². The Bertz CT molecular complexity index is 842. The van der Waals surface area contributed by atoms with Gasteiger partial charge < -0.3 is 20.5 Å². The molecule has 1 amide bonds. The van der Waals surface area contributed by atoms with Crippen molar-refractivity contribution in [1.82, 2.24) is 14.9 Å². The molecule has 0 atom stereocenters. The van der Waals surface area contributed by atoms with Gasteiger partial charge in [0.25, 0.3) is 0 Å². The third-order valence-corrected chi connectivity index (χ3v) is 4.35. The van der Waals surface area contributed by atoms with E-state index in [0.717, 1.165) is 11.4 Å². The molecule has 0 aliphatic carbocycles. The van der Waals surface area contributed by atoms with Crippen molar-refractivity contribution in [1.29, 1.82) is 0 Å². The number of carbonyl (C=O) groups is 1. The van der Waals surface area contributed by atoms with E-state index < -0.39 is 0 Å². The normalized spacial score (nSPS) is 10.6. The molecular formula is C16H18N6O2S. The summed E-state index contributed by atoms with van der Waals surface area (Å²) >= 11 is 1.20. The van der Waals surface area contributed by atoms with Gasteiger partial charge in [0, 0.05) is 25.5 Å². The molecule has 130 valence electrons. The van der Waals surface area contributed by atoms with Crippen LogP contribution in [0.25, 0.3) is 11.6 Å². The zero-order chi connectivity index (χ0) is 17.8. The van der Waals surface area contributed by atoms with Gasteiger partial charge in [-0.3, -0.25) is 4.79 Å². The van der Waals surface area contributed by atoms with Gasteiger partial charge in [-0.2, -0.15) is 0 Å². The summed E-state index contributed by atoms with van der Waals surface area (Å²) in [6, 6.07) is 11.1. The number of hydrogen-bond donors (Lipinski definition) is 2. The lowest BCUT2D eigenvalue weighted by Crippen LogP contribution is -2.16. The molecular weight excluding hydrogens is 340 g/mol. The van der Waals surface area contributed by atoms with Crippen molar-refractivity contribution in [3.05, 3.63) is 42.7 Å². The molecule has 0 radical (unpaired) electrons. The molecule has 3 aromatic rings. The molecule has 0 bridgehead atoms. The number of benzene rings is 1. The van der Waals surface area contributed by atoms with Crippen LogP contribution in [-0.2, 0) is 4.79 Å². The number of nitrogen functional groups attached to an aromatic ring is 1. The number of carbonyl (C=O) groups excluding carboxylic acids is 1. The van der Waals surface area contributed by atoms with Crippen LogP contribution >= 0.6 is 11.8 Å². The van der Waals surface area contributed by atoms with Crippen LogP contribution in [0.1, 0.15) is 0 Å². The van der Waals surface area contributed by atoms with Gasteiger partial charge in [-0.25, -0.2) is 4.68 Å². The lowest BCUT2D eigenvalue weighted by Gasteiger charge is -2.13. The molecule has 0 saturated carbocycles. The van der Waals surface area contributed by atoms with Crippen molar-refractivity contribution in [3.63, 3.8) is 0 Å². The van der Waals surface area contributed by atoms with Gasteiger partial charge in [0.1, 0.15) is 0 Å². The molecule has 0 spiro atoms. The third kappa shape index (κ3) is 3.94. The van der Waals surface area contributed by atoms with Crippen LogP contribution < -0.4 is 16.1 Å². The van der Waals surface area contributed by atoms with Crippen LogP contribution in [0.3, 0.4) is 0 Å². The summed E-state index contributed by atoms with van der Waals surface area (Å²) in [5, 5.41) is 11.2. The second-order valence-corrected chi connectivity index (χ2v) is 6.37. The Hall–Kier alpha value is -2.94. The summed E-state index contributed by atoms with van der Waals surface area (Å²) in [7, 11) is 3.92. The standard InChI is InChI=1S/C16H18N6O2S/c1-21(2)12-7-5-11(6-8-12)18-14(23)10-25-16-20-19-15(22(16)17)13-4-3-9-24-13/h3-9H,10,17H2,1-2H3,(H,18,23). The third-order valence-electron chi connectivity index (χ3n) is 3.41. The number of aromatic nitrogens is 3. The quantitative estimate of drug-likeness (QED) is 0.513. The minimum atomic E-state index is -0.148. The van der Waals surface area contributed by atoms with E-state index in [-0.39, 0.29) is 11.7 Å². The predicted molar refractivity (Wildman–Crippen MR) is 98.0 cm³/mol. The summed E-state index contributed by atoms with van der Waals surface area (Å²) in [6.07, 6.45) is 1.53. The van der Waals surface area contributed by atoms with Crippen LogP contribution in [0.2, 0.25) is 0 Å². The Morgan fingerprint density at radius 2 is 2.04 bits per heavy atom. The highest BCUT2D eigenvalue weighted by Gasteiger charge is 2.15. The fourth-order valence-corrected chi connectivity index (χ4v) is 2.78. The van der Waals surface area contributed by atoms with Gasteiger partial charge in [-0.15, -0.1) is 10.2 Å². The fraction of sp³-hybridized carbons (Fsp3) is 0.188. The minimum Gasteiger partial charge on any atom is -0.461 e. The monoisotopic (exact) mass is 358 g/mol. The van der Waals surface area contributed by atoms with Crippen LogP contribution in [0, 0.1) is 0 Å². The Morgan fingerprint density at radius 3 is 2.68 bits per heavy atom. The van der Waals surface area contributed by atoms with Gasteiger partial charge in [0.2, 0.25) is 16.9 Å². The summed E-state index contributed by atoms with van der Waals surface area (Å²) in [6.45, 7) is 0. The van der Waals surface area contributed by atoms with Crippen molar-refractivity contribution in [2.75, 3.05) is 35.9 Å². The maximum absolute atomic E-state index is 12.1. The van der Waals surface area contributed by atoms with Gasteiger partial charge in [0.05, 0.1) is 12.0 Å². The lowest BCUT2D eigenvalue weighted by molar-refractivity contribution is -0.113. The molecule has 0 aliphatic heterocycles. The average Bonchev–Trinajstić information content (AvgIpc) is 3.23. The van der Waals surface area contributed by atoms with Crippen LogP contribution in [-0.4, -0.2) is 40.6 Å². The number of thioether (sulfide) groups is 1. The SMILES string of the molecule is CN(C)c1ccc(NC(=O)CSc2nnc(-c3ccco3)n2N)cc1. The van der Waals surface area contributed by atoms with Gasteiger partial charge in [-0.05, 0) is 36.4 Å². The molecule has 9 heteroatoms. The minimum absolute atomic E-state index is 0.148. The number of hydrogen-bond acceptors (Lipinski definition) is 7. The highest BCUT2D eigenvalue weighted by atomic mass is 32.2. The molecule has 3 N–H and O–H groups in total. The highest BCUT2D eigenvalue weighted by molar-refractivity contribution is 7.99. The maximum Gasteiger partial charge on any atom is 0.234 e. The zero-order valence-corrected chi connectivity index (χ0v) is 14.7. The molecule has 0 saturated heterocycles. The summed E-state index contributed by atoms with van der Waals surface area (Å²) < 4.78 is 6.56. The highest BCUT2D eigenvalue weighted by Crippen LogP contribution is 2.22. The molecule has 25 heavy (non-hydrogen) atoms. The Kier molecular flexibility index (Phi) is 4.94. The Balaban J connectivity index is 1.57. The first kappa shape index (κ1) is 16.9. The van der Waals surface area contributed by atoms with Gasteiger partial charge in [-0.1, -0.05) is 11.8 Å². The molecule has 1 aromatic carbocycles. The smallest absolute Gasteiger partial charge is 0.234 e. The van der Waals surface area contributed by atoms with Crippen molar-refractivity contribution >= 4 is 29.0 Å². The van der Waals surface area contributed by atoms with Crippen molar-refractivity contribution < 1.29 is 9.21 Å². The van der Waals surface area contributed by atoms with Gasteiger partial charge in [0.15, 0.2) is 5.76 Å². The largest absolute Gasteiger partial charge is 0.461 e. The van der Waals surface area contributed by atoms with Crippen LogP contribution in [0.5, 0.6) is 0 Å². The van der Waals surface area contributed by atoms with E-state index in [1.165, 1.54) is 22.7 Å². The first-order valence-electron chi connectivity index (χ1n) is 7.49. The Morgan fingerprint density at radius 1 is 1.28 bits per heavy atom. The van der Waals surface area contributed by atoms with E-state index in [0.29, 0.717) is 16.7 Å². The van der Waals surface area contributed by atoms with Crippen molar-refractivity contribution in [3.8, 4) is 11.6 Å². The second kappa shape index (κ2) is 7.31. The molecule has 2 heterocycles. The summed E-state index contributed by atoms with van der Waals surface area (Å²) in [5.41, 5.74) is 1.80. The first-order valence-corrected chi connectivity index (χ1v) is 8.47. The molecule has 0 unspecified atom stereocenters. The average molecular weight is 358 g/mol. The number of nitrogens with one attached hydrogen (secondary N) is 1. The second-order valence-electron chi connectivity index (χ2n) is 5.43. The fourth-order valence-electron chi connectivity index (χ4n) is 2.12. The number of amides is 1. The number of furan rings is 1. The molecule has 0 aliphatic rings. The van der Waals surface area contributed by atoms with E-state index in [1.807, 2.05) is 43.3 Å². The van der Waals surface area contributed by atoms with Crippen molar-refractivity contribution in [2.45, 2.75) is 5.16 Å². The van der Waals surface area contributed by atoms with E-state index in [4.69, 9.17) is 10.3 Å². The molecule has 0 fully saturated rings. The van der Waals surface area contributed by atoms with Crippen LogP contribution in [0.4, 0.5) is 11.4 Å². The first-order chi connectivity index (χ1) is 12.0. The van der Waals surface area contributed by atoms with Gasteiger partial charge >= 0.3 is 0 Å². The maximum atomic E-state index is 12.1. The van der Waals surface area contributed by atoms with E-state index in [9.17, 15) is 4.79 Å². The number of anilines is 2. The number of rotatable bonds is 6. The number of nitrogens with two attached hydrogens (primary N) is 1. The molecule has 8 nitrogen and oxygen atoms in total. The zero-order valence-electron chi connectivity index (χ0n) is 13.8.